The van der Waals surface area contributed by atoms with Crippen LogP contribution in [-0.2, 0) is 4.79 Å². The lowest BCUT2D eigenvalue weighted by molar-refractivity contribution is -0.384. The zero-order chi connectivity index (χ0) is 16.1. The van der Waals surface area contributed by atoms with Crippen LogP contribution in [0.15, 0.2) is 47.4 Å². The molecule has 5 nitrogen and oxygen atoms in total. The number of benzene rings is 2. The van der Waals surface area contributed by atoms with Gasteiger partial charge >= 0.3 is 0 Å². The molecule has 0 aliphatic heterocycles. The number of thioether (sulfide) groups is 1. The molecule has 0 fully saturated rings. The molecular formula is C16H16N2O3S. The van der Waals surface area contributed by atoms with E-state index in [1.165, 1.54) is 29.5 Å². The van der Waals surface area contributed by atoms with E-state index in [-0.39, 0.29) is 17.3 Å². The first-order valence-corrected chi connectivity index (χ1v) is 7.68. The van der Waals surface area contributed by atoms with Gasteiger partial charge in [-0.1, -0.05) is 23.8 Å². The van der Waals surface area contributed by atoms with E-state index >= 15 is 0 Å². The number of nitro groups is 1. The van der Waals surface area contributed by atoms with Crippen molar-refractivity contribution >= 4 is 29.0 Å². The van der Waals surface area contributed by atoms with E-state index in [0.29, 0.717) is 5.69 Å². The second-order valence-electron chi connectivity index (χ2n) is 4.91. The fourth-order valence-electron chi connectivity index (χ4n) is 1.83. The van der Waals surface area contributed by atoms with E-state index in [9.17, 15) is 14.9 Å². The summed E-state index contributed by atoms with van der Waals surface area (Å²) in [6, 6.07) is 12.3. The van der Waals surface area contributed by atoms with E-state index in [1.807, 2.05) is 31.2 Å². The Bertz CT molecular complexity index is 699. The van der Waals surface area contributed by atoms with Gasteiger partial charge in [-0.15, -0.1) is 11.8 Å². The Hall–Kier alpha value is -2.34. The van der Waals surface area contributed by atoms with Crippen molar-refractivity contribution in [2.24, 2.45) is 0 Å². The Morgan fingerprint density at radius 3 is 2.50 bits per heavy atom. The summed E-state index contributed by atoms with van der Waals surface area (Å²) in [7, 11) is 0. The first-order chi connectivity index (χ1) is 10.5. The van der Waals surface area contributed by atoms with Crippen molar-refractivity contribution in [2.75, 3.05) is 11.1 Å². The summed E-state index contributed by atoms with van der Waals surface area (Å²) in [5.41, 5.74) is 2.40. The summed E-state index contributed by atoms with van der Waals surface area (Å²) >= 11 is 1.43. The quantitative estimate of drug-likeness (QED) is 0.515. The van der Waals surface area contributed by atoms with E-state index in [4.69, 9.17) is 0 Å². The minimum atomic E-state index is -0.476. The van der Waals surface area contributed by atoms with E-state index < -0.39 is 4.92 Å². The number of carbonyl (C=O) groups excluding carboxylic acids is 1. The van der Waals surface area contributed by atoms with Crippen molar-refractivity contribution in [3.8, 4) is 0 Å². The van der Waals surface area contributed by atoms with Gasteiger partial charge in [0.25, 0.3) is 5.69 Å². The maximum absolute atomic E-state index is 12.0. The van der Waals surface area contributed by atoms with Gasteiger partial charge in [0.15, 0.2) is 0 Å². The number of nitrogens with zero attached hydrogens (tertiary/aromatic N) is 1. The highest BCUT2D eigenvalue weighted by Crippen LogP contribution is 2.23. The molecule has 22 heavy (non-hydrogen) atoms. The van der Waals surface area contributed by atoms with Crippen LogP contribution >= 0.6 is 11.8 Å². The number of amides is 1. The maximum atomic E-state index is 12.0. The third-order valence-electron chi connectivity index (χ3n) is 3.10. The summed E-state index contributed by atoms with van der Waals surface area (Å²) < 4.78 is 0. The lowest BCUT2D eigenvalue weighted by Gasteiger charge is -2.08. The van der Waals surface area contributed by atoms with Crippen LogP contribution in [0.25, 0.3) is 0 Å². The summed E-state index contributed by atoms with van der Waals surface area (Å²) in [5.74, 6) is 0.0692. The third-order valence-corrected chi connectivity index (χ3v) is 4.11. The molecule has 114 valence electrons. The molecule has 0 atom stereocenters. The number of nitrogens with one attached hydrogen (secondary N) is 1. The lowest BCUT2D eigenvalue weighted by atomic mass is 10.2. The molecule has 0 saturated carbocycles. The van der Waals surface area contributed by atoms with Gasteiger partial charge in [-0.2, -0.15) is 0 Å². The van der Waals surface area contributed by atoms with Gasteiger partial charge in [0.1, 0.15) is 0 Å². The van der Waals surface area contributed by atoms with Crippen LogP contribution in [0.3, 0.4) is 0 Å². The zero-order valence-corrected chi connectivity index (χ0v) is 13.1. The van der Waals surface area contributed by atoms with Crippen molar-refractivity contribution in [1.29, 1.82) is 0 Å². The van der Waals surface area contributed by atoms with Gasteiger partial charge < -0.3 is 5.32 Å². The molecule has 0 aliphatic rings. The molecule has 1 amide bonds. The number of hydrogen-bond donors (Lipinski definition) is 1. The van der Waals surface area contributed by atoms with Gasteiger partial charge in [0, 0.05) is 17.0 Å². The summed E-state index contributed by atoms with van der Waals surface area (Å²) in [6.45, 7) is 3.80. The maximum Gasteiger partial charge on any atom is 0.271 e. The molecule has 0 unspecified atom stereocenters. The fourth-order valence-corrected chi connectivity index (χ4v) is 2.53. The molecule has 1 N–H and O–H groups in total. The SMILES string of the molecule is Cc1ccc(SCC(=O)Nc2cc([N+](=O)[O-])ccc2C)cc1. The topological polar surface area (TPSA) is 72.2 Å². The molecule has 0 heterocycles. The first kappa shape index (κ1) is 16.0. The van der Waals surface area contributed by atoms with Crippen molar-refractivity contribution in [3.05, 3.63) is 63.7 Å². The average Bonchev–Trinajstić information content (AvgIpc) is 2.48. The average molecular weight is 316 g/mol. The largest absolute Gasteiger partial charge is 0.325 e. The van der Waals surface area contributed by atoms with Gasteiger partial charge in [0.2, 0.25) is 5.91 Å². The number of rotatable bonds is 5. The molecule has 0 spiro atoms. The zero-order valence-electron chi connectivity index (χ0n) is 12.3. The molecule has 0 radical (unpaired) electrons. The third kappa shape index (κ3) is 4.33. The highest BCUT2D eigenvalue weighted by Gasteiger charge is 2.11. The molecule has 0 aromatic heterocycles. The molecule has 2 aromatic carbocycles. The molecule has 6 heteroatoms. The van der Waals surface area contributed by atoms with Crippen LogP contribution in [0, 0.1) is 24.0 Å². The van der Waals surface area contributed by atoms with Crippen LogP contribution < -0.4 is 5.32 Å². The smallest absolute Gasteiger partial charge is 0.271 e. The van der Waals surface area contributed by atoms with E-state index in [1.54, 1.807) is 13.0 Å². The Kier molecular flexibility index (Phi) is 5.16. The summed E-state index contributed by atoms with van der Waals surface area (Å²) in [5, 5.41) is 13.5. The molecule has 0 saturated heterocycles. The molecule has 2 aromatic rings. The van der Waals surface area contributed by atoms with Gasteiger partial charge in [-0.25, -0.2) is 0 Å². The van der Waals surface area contributed by atoms with Crippen molar-refractivity contribution in [1.82, 2.24) is 0 Å². The highest BCUT2D eigenvalue weighted by atomic mass is 32.2. The lowest BCUT2D eigenvalue weighted by Crippen LogP contribution is -2.15. The summed E-state index contributed by atoms with van der Waals surface area (Å²) in [6.07, 6.45) is 0. The van der Waals surface area contributed by atoms with Crippen LogP contribution in [0.5, 0.6) is 0 Å². The van der Waals surface area contributed by atoms with Gasteiger partial charge in [0.05, 0.1) is 16.4 Å². The number of hydrogen-bond acceptors (Lipinski definition) is 4. The molecular weight excluding hydrogens is 300 g/mol. The Morgan fingerprint density at radius 2 is 1.86 bits per heavy atom. The minimum Gasteiger partial charge on any atom is -0.325 e. The number of anilines is 1. The Balaban J connectivity index is 1.98. The van der Waals surface area contributed by atoms with Crippen LogP contribution in [0.4, 0.5) is 11.4 Å². The predicted molar refractivity (Wildman–Crippen MR) is 88.4 cm³/mol. The molecule has 0 aliphatic carbocycles. The second-order valence-corrected chi connectivity index (χ2v) is 5.95. The van der Waals surface area contributed by atoms with Crippen LogP contribution in [0.1, 0.15) is 11.1 Å². The second kappa shape index (κ2) is 7.09. The van der Waals surface area contributed by atoms with E-state index in [0.717, 1.165) is 10.5 Å². The van der Waals surface area contributed by atoms with Crippen LogP contribution in [-0.4, -0.2) is 16.6 Å². The minimum absolute atomic E-state index is 0.0351. The first-order valence-electron chi connectivity index (χ1n) is 6.70. The number of nitro benzene ring substituents is 1. The molecule has 0 bridgehead atoms. The van der Waals surface area contributed by atoms with Crippen molar-refractivity contribution < 1.29 is 9.72 Å². The number of non-ortho nitro benzene ring substituents is 1. The molecule has 2 rings (SSSR count). The monoisotopic (exact) mass is 316 g/mol. The van der Waals surface area contributed by atoms with Gasteiger partial charge in [-0.05, 0) is 31.5 Å². The highest BCUT2D eigenvalue weighted by molar-refractivity contribution is 8.00. The van der Waals surface area contributed by atoms with Crippen molar-refractivity contribution in [2.45, 2.75) is 18.7 Å². The standard InChI is InChI=1S/C16H16N2O3S/c1-11-3-7-14(8-4-11)22-10-16(19)17-15-9-13(18(20)21)6-5-12(15)2/h3-9H,10H2,1-2H3,(H,17,19). The predicted octanol–water partition coefficient (Wildman–Crippen LogP) is 3.94. The summed E-state index contributed by atoms with van der Waals surface area (Å²) in [4.78, 5) is 23.3. The fraction of sp³-hybridized carbons (Fsp3) is 0.188. The Labute approximate surface area is 132 Å². The van der Waals surface area contributed by atoms with Gasteiger partial charge in [-0.3, -0.25) is 14.9 Å². The van der Waals surface area contributed by atoms with Crippen LogP contribution in [0.2, 0.25) is 0 Å². The normalized spacial score (nSPS) is 10.3. The number of carbonyl (C=O) groups is 1. The Morgan fingerprint density at radius 1 is 1.18 bits per heavy atom. The van der Waals surface area contributed by atoms with Crippen molar-refractivity contribution in [3.63, 3.8) is 0 Å². The van der Waals surface area contributed by atoms with E-state index in [2.05, 4.69) is 5.32 Å². The number of aryl methyl sites for hydroxylation is 2.